The molecule has 4 nitrogen and oxygen atoms in total. The Morgan fingerprint density at radius 1 is 1.00 bits per heavy atom. The van der Waals surface area contributed by atoms with Crippen molar-refractivity contribution in [2.45, 2.75) is 0 Å². The maximum absolute atomic E-state index is 12.1. The molecule has 0 atom stereocenters. The first kappa shape index (κ1) is 11.0. The fourth-order valence-corrected chi connectivity index (χ4v) is 2.35. The van der Waals surface area contributed by atoms with Crippen molar-refractivity contribution in [1.82, 2.24) is 9.97 Å². The average Bonchev–Trinajstić information content (AvgIpc) is 2.98. The van der Waals surface area contributed by atoms with Crippen LogP contribution in [0.2, 0.25) is 0 Å². The number of aromatic amines is 1. The van der Waals surface area contributed by atoms with Crippen molar-refractivity contribution in [3.8, 4) is 11.5 Å². The molecule has 0 bridgehead atoms. The zero-order valence-electron chi connectivity index (χ0n) is 10.5. The highest BCUT2D eigenvalue weighted by Crippen LogP contribution is 2.21. The average molecular weight is 262 g/mol. The monoisotopic (exact) mass is 262 g/mol. The summed E-state index contributed by atoms with van der Waals surface area (Å²) in [7, 11) is 0. The van der Waals surface area contributed by atoms with E-state index in [1.807, 2.05) is 36.4 Å². The van der Waals surface area contributed by atoms with E-state index in [1.54, 1.807) is 12.1 Å². The number of hydrogen-bond donors (Lipinski definition) is 1. The number of H-pyrrole nitrogens is 1. The van der Waals surface area contributed by atoms with Crippen LogP contribution in [0.5, 0.6) is 0 Å². The van der Waals surface area contributed by atoms with E-state index in [1.165, 1.54) is 6.26 Å². The molecule has 0 aliphatic rings. The van der Waals surface area contributed by atoms with E-state index < -0.39 is 0 Å². The zero-order chi connectivity index (χ0) is 13.5. The molecule has 0 aliphatic carbocycles. The summed E-state index contributed by atoms with van der Waals surface area (Å²) in [6.07, 6.45) is 1.53. The van der Waals surface area contributed by atoms with E-state index in [2.05, 4.69) is 9.97 Å². The molecule has 0 radical (unpaired) electrons. The number of hydrogen-bond acceptors (Lipinski definition) is 3. The van der Waals surface area contributed by atoms with Crippen LogP contribution in [-0.4, -0.2) is 9.97 Å². The number of furan rings is 1. The van der Waals surface area contributed by atoms with E-state index in [4.69, 9.17) is 4.42 Å². The summed E-state index contributed by atoms with van der Waals surface area (Å²) in [5, 5.41) is 2.16. The molecule has 0 amide bonds. The minimum atomic E-state index is -0.247. The summed E-state index contributed by atoms with van der Waals surface area (Å²) in [6.45, 7) is 0. The molecule has 0 fully saturated rings. The van der Waals surface area contributed by atoms with Gasteiger partial charge in [0.15, 0.2) is 11.5 Å². The Morgan fingerprint density at radius 3 is 2.55 bits per heavy atom. The fraction of sp³-hybridized carbons (Fsp3) is 0. The third-order valence-electron chi connectivity index (χ3n) is 3.31. The minimum Gasteiger partial charge on any atom is -0.463 e. The molecule has 20 heavy (non-hydrogen) atoms. The van der Waals surface area contributed by atoms with Gasteiger partial charge in [0.25, 0.3) is 5.56 Å². The molecule has 0 spiro atoms. The van der Waals surface area contributed by atoms with Crippen molar-refractivity contribution in [3.05, 3.63) is 65.1 Å². The summed E-state index contributed by atoms with van der Waals surface area (Å²) in [5.74, 6) is 0.473. The Morgan fingerprint density at radius 2 is 1.80 bits per heavy atom. The lowest BCUT2D eigenvalue weighted by Crippen LogP contribution is -2.11. The van der Waals surface area contributed by atoms with E-state index in [9.17, 15) is 4.79 Å². The second-order valence-electron chi connectivity index (χ2n) is 4.61. The van der Waals surface area contributed by atoms with Crippen LogP contribution in [0, 0.1) is 0 Å². The van der Waals surface area contributed by atoms with Gasteiger partial charge in [0.1, 0.15) is 0 Å². The van der Waals surface area contributed by atoms with Crippen molar-refractivity contribution in [2.75, 3.05) is 0 Å². The Hall–Kier alpha value is -2.88. The summed E-state index contributed by atoms with van der Waals surface area (Å²) < 4.78 is 5.25. The summed E-state index contributed by atoms with van der Waals surface area (Å²) in [6, 6.07) is 15.3. The van der Waals surface area contributed by atoms with Gasteiger partial charge < -0.3 is 9.40 Å². The molecule has 96 valence electrons. The number of aromatic nitrogens is 2. The molecule has 4 aromatic rings. The predicted octanol–water partition coefficient (Wildman–Crippen LogP) is 3.34. The molecular weight excluding hydrogens is 252 g/mol. The van der Waals surface area contributed by atoms with Crippen LogP contribution in [0.1, 0.15) is 0 Å². The highest BCUT2D eigenvalue weighted by Gasteiger charge is 2.10. The highest BCUT2D eigenvalue weighted by molar-refractivity contribution is 5.95. The predicted molar refractivity (Wildman–Crippen MR) is 77.6 cm³/mol. The standard InChI is InChI=1S/C16H10N2O2/c19-16-15(14-6-3-7-20-14)17-12-8-10-4-1-2-5-11(10)9-13(12)18-16/h1-9H,(H,18,19). The number of fused-ring (bicyclic) bond motifs is 2. The number of rotatable bonds is 1. The van der Waals surface area contributed by atoms with E-state index in [0.717, 1.165) is 21.8 Å². The van der Waals surface area contributed by atoms with Crippen LogP contribution in [-0.2, 0) is 0 Å². The van der Waals surface area contributed by atoms with Crippen LogP contribution < -0.4 is 5.56 Å². The van der Waals surface area contributed by atoms with Gasteiger partial charge in [-0.15, -0.1) is 0 Å². The third-order valence-corrected chi connectivity index (χ3v) is 3.31. The van der Waals surface area contributed by atoms with Crippen LogP contribution in [0.15, 0.2) is 64.0 Å². The molecule has 0 saturated heterocycles. The van der Waals surface area contributed by atoms with Gasteiger partial charge >= 0.3 is 0 Å². The molecule has 0 unspecified atom stereocenters. The zero-order valence-corrected chi connectivity index (χ0v) is 10.5. The SMILES string of the molecule is O=c1[nH]c2cc3ccccc3cc2nc1-c1ccco1. The first-order chi connectivity index (χ1) is 9.81. The van der Waals surface area contributed by atoms with E-state index in [-0.39, 0.29) is 5.56 Å². The van der Waals surface area contributed by atoms with Gasteiger partial charge in [-0.05, 0) is 35.0 Å². The van der Waals surface area contributed by atoms with E-state index in [0.29, 0.717) is 11.5 Å². The number of benzene rings is 2. The fourth-order valence-electron chi connectivity index (χ4n) is 2.35. The van der Waals surface area contributed by atoms with Crippen molar-refractivity contribution in [1.29, 1.82) is 0 Å². The first-order valence-corrected chi connectivity index (χ1v) is 6.28. The number of nitrogens with zero attached hydrogens (tertiary/aromatic N) is 1. The van der Waals surface area contributed by atoms with Crippen molar-refractivity contribution in [3.63, 3.8) is 0 Å². The van der Waals surface area contributed by atoms with Gasteiger partial charge in [0.2, 0.25) is 0 Å². The molecule has 4 heteroatoms. The van der Waals surface area contributed by atoms with Gasteiger partial charge in [-0.3, -0.25) is 4.79 Å². The summed E-state index contributed by atoms with van der Waals surface area (Å²) in [5.41, 5.74) is 1.53. The second-order valence-corrected chi connectivity index (χ2v) is 4.61. The maximum Gasteiger partial charge on any atom is 0.278 e. The van der Waals surface area contributed by atoms with Gasteiger partial charge in [0, 0.05) is 0 Å². The van der Waals surface area contributed by atoms with Gasteiger partial charge in [0.05, 0.1) is 17.3 Å². The smallest absolute Gasteiger partial charge is 0.278 e. The van der Waals surface area contributed by atoms with E-state index >= 15 is 0 Å². The molecule has 0 saturated carbocycles. The lowest BCUT2D eigenvalue weighted by atomic mass is 10.1. The normalized spacial score (nSPS) is 11.2. The quantitative estimate of drug-likeness (QED) is 0.535. The highest BCUT2D eigenvalue weighted by atomic mass is 16.3. The molecular formula is C16H10N2O2. The van der Waals surface area contributed by atoms with Crippen molar-refractivity contribution < 1.29 is 4.42 Å². The molecule has 2 heterocycles. The second kappa shape index (κ2) is 4.06. The largest absolute Gasteiger partial charge is 0.463 e. The van der Waals surface area contributed by atoms with Gasteiger partial charge in [-0.2, -0.15) is 0 Å². The number of nitrogens with one attached hydrogen (secondary N) is 1. The lowest BCUT2D eigenvalue weighted by molar-refractivity contribution is 0.579. The Bertz CT molecular complexity index is 969. The van der Waals surface area contributed by atoms with Crippen molar-refractivity contribution in [2.24, 2.45) is 0 Å². The molecule has 2 aromatic heterocycles. The van der Waals surface area contributed by atoms with Crippen LogP contribution in [0.3, 0.4) is 0 Å². The summed E-state index contributed by atoms with van der Waals surface area (Å²) in [4.78, 5) is 19.4. The van der Waals surface area contributed by atoms with Crippen LogP contribution >= 0.6 is 0 Å². The van der Waals surface area contributed by atoms with Gasteiger partial charge in [-0.1, -0.05) is 24.3 Å². The molecule has 0 aliphatic heterocycles. The topological polar surface area (TPSA) is 58.9 Å². The maximum atomic E-state index is 12.1. The minimum absolute atomic E-state index is 0.247. The Balaban J connectivity index is 2.08. The Kier molecular flexibility index (Phi) is 2.23. The third kappa shape index (κ3) is 1.62. The molecule has 4 rings (SSSR count). The lowest BCUT2D eigenvalue weighted by Gasteiger charge is -2.03. The molecule has 2 aromatic carbocycles. The Labute approximate surface area is 113 Å². The first-order valence-electron chi connectivity index (χ1n) is 6.28. The van der Waals surface area contributed by atoms with Crippen LogP contribution in [0.25, 0.3) is 33.3 Å². The van der Waals surface area contributed by atoms with Crippen LogP contribution in [0.4, 0.5) is 0 Å². The van der Waals surface area contributed by atoms with Crippen molar-refractivity contribution >= 4 is 21.8 Å². The molecule has 1 N–H and O–H groups in total. The van der Waals surface area contributed by atoms with Gasteiger partial charge in [-0.25, -0.2) is 4.98 Å². The summed E-state index contributed by atoms with van der Waals surface area (Å²) >= 11 is 0.